The van der Waals surface area contributed by atoms with Crippen molar-refractivity contribution in [1.29, 1.82) is 0 Å². The van der Waals surface area contributed by atoms with Gasteiger partial charge in [0.1, 0.15) is 11.5 Å². The van der Waals surface area contributed by atoms with Gasteiger partial charge in [-0.05, 0) is 36.4 Å². The van der Waals surface area contributed by atoms with Gasteiger partial charge >= 0.3 is 0 Å². The van der Waals surface area contributed by atoms with Gasteiger partial charge in [-0.2, -0.15) is 0 Å². The molecule has 4 rings (SSSR count). The molecule has 0 saturated heterocycles. The third kappa shape index (κ3) is 3.23. The molecule has 3 aromatic rings. The van der Waals surface area contributed by atoms with E-state index >= 15 is 0 Å². The highest BCUT2D eigenvalue weighted by atomic mass is 32.2. The zero-order valence-corrected chi connectivity index (χ0v) is 14.1. The number of thioether (sulfide) groups is 1. The first-order valence-electron chi connectivity index (χ1n) is 7.97. The summed E-state index contributed by atoms with van der Waals surface area (Å²) in [6.07, 6.45) is 2.49. The van der Waals surface area contributed by atoms with Crippen LogP contribution in [0.15, 0.2) is 76.7 Å². The molecule has 124 valence electrons. The van der Waals surface area contributed by atoms with Gasteiger partial charge in [0.25, 0.3) is 0 Å². The number of aromatic nitrogens is 1. The van der Waals surface area contributed by atoms with Crippen LogP contribution in [0.4, 0.5) is 5.69 Å². The number of pyridine rings is 1. The molecule has 1 unspecified atom stereocenters. The summed E-state index contributed by atoms with van der Waals surface area (Å²) in [6, 6.07) is 18.5. The van der Waals surface area contributed by atoms with Gasteiger partial charge in [0.05, 0.1) is 16.6 Å². The van der Waals surface area contributed by atoms with Crippen molar-refractivity contribution in [2.24, 2.45) is 4.99 Å². The average molecular weight is 348 g/mol. The van der Waals surface area contributed by atoms with E-state index < -0.39 is 0 Å². The molecule has 1 atom stereocenters. The highest BCUT2D eigenvalue weighted by molar-refractivity contribution is 8.01. The van der Waals surface area contributed by atoms with Crippen LogP contribution in [0.1, 0.15) is 11.3 Å². The maximum atomic E-state index is 10.3. The smallest absolute Gasteiger partial charge is 0.128 e. The summed E-state index contributed by atoms with van der Waals surface area (Å²) in [5, 5.41) is 19.9. The molecule has 0 aliphatic carbocycles. The molecular formula is C20H16N2O2S. The SMILES string of the molecule is Oc1ccc(C2=Nc3ccccc3SC2Cc2ccccn2)c(O)c1. The number of phenols is 2. The van der Waals surface area contributed by atoms with Crippen molar-refractivity contribution in [3.8, 4) is 11.5 Å². The average Bonchev–Trinajstić information content (AvgIpc) is 2.62. The van der Waals surface area contributed by atoms with E-state index in [0.717, 1.165) is 22.0 Å². The molecule has 0 spiro atoms. The van der Waals surface area contributed by atoms with Crippen molar-refractivity contribution in [3.63, 3.8) is 0 Å². The van der Waals surface area contributed by atoms with Gasteiger partial charge < -0.3 is 10.2 Å². The number of aliphatic imine (C=N–C) groups is 1. The van der Waals surface area contributed by atoms with E-state index in [-0.39, 0.29) is 16.7 Å². The quantitative estimate of drug-likeness (QED) is 0.739. The number of para-hydroxylation sites is 1. The topological polar surface area (TPSA) is 65.7 Å². The Hall–Kier alpha value is -2.79. The second-order valence-electron chi connectivity index (χ2n) is 5.80. The number of aromatic hydroxyl groups is 2. The number of rotatable bonds is 3. The highest BCUT2D eigenvalue weighted by Crippen LogP contribution is 2.41. The monoisotopic (exact) mass is 348 g/mol. The standard InChI is InChI=1S/C20H16N2O2S/c23-14-8-9-15(17(24)12-14)20-19(11-13-5-3-4-10-21-13)25-18-7-2-1-6-16(18)22-20/h1-10,12,19,23-24H,11H2. The van der Waals surface area contributed by atoms with Gasteiger partial charge in [-0.25, -0.2) is 0 Å². The summed E-state index contributed by atoms with van der Waals surface area (Å²) in [5.74, 6) is 0.0664. The lowest BCUT2D eigenvalue weighted by atomic mass is 10.0. The minimum atomic E-state index is 0.0280. The van der Waals surface area contributed by atoms with Gasteiger partial charge in [-0.15, -0.1) is 11.8 Å². The molecule has 5 heteroatoms. The zero-order valence-electron chi connectivity index (χ0n) is 13.3. The van der Waals surface area contributed by atoms with Crippen LogP contribution in [0.2, 0.25) is 0 Å². The van der Waals surface area contributed by atoms with Crippen molar-refractivity contribution in [2.75, 3.05) is 0 Å². The number of fused-ring (bicyclic) bond motifs is 1. The van der Waals surface area contributed by atoms with E-state index in [2.05, 4.69) is 11.1 Å². The summed E-state index contributed by atoms with van der Waals surface area (Å²) < 4.78 is 0. The van der Waals surface area contributed by atoms with Crippen LogP contribution < -0.4 is 0 Å². The van der Waals surface area contributed by atoms with Crippen molar-refractivity contribution in [3.05, 3.63) is 78.1 Å². The summed E-state index contributed by atoms with van der Waals surface area (Å²) in [6.45, 7) is 0. The maximum absolute atomic E-state index is 10.3. The van der Waals surface area contributed by atoms with Crippen LogP contribution in [-0.4, -0.2) is 26.2 Å². The van der Waals surface area contributed by atoms with Crippen LogP contribution in [0.3, 0.4) is 0 Å². The molecule has 2 N–H and O–H groups in total. The van der Waals surface area contributed by atoms with Crippen molar-refractivity contribution >= 4 is 23.2 Å². The number of benzene rings is 2. The molecule has 25 heavy (non-hydrogen) atoms. The van der Waals surface area contributed by atoms with Crippen molar-refractivity contribution in [2.45, 2.75) is 16.6 Å². The molecule has 1 aliphatic rings. The molecule has 4 nitrogen and oxygen atoms in total. The zero-order chi connectivity index (χ0) is 17.2. The Kier molecular flexibility index (Phi) is 4.15. The molecule has 0 amide bonds. The Morgan fingerprint density at radius 1 is 0.960 bits per heavy atom. The maximum Gasteiger partial charge on any atom is 0.128 e. The molecule has 0 radical (unpaired) electrons. The predicted octanol–water partition coefficient (Wildman–Crippen LogP) is 4.33. The summed E-state index contributed by atoms with van der Waals surface area (Å²) in [7, 11) is 0. The van der Waals surface area contributed by atoms with Crippen LogP contribution in [0, 0.1) is 0 Å². The van der Waals surface area contributed by atoms with Crippen molar-refractivity contribution in [1.82, 2.24) is 4.98 Å². The third-order valence-electron chi connectivity index (χ3n) is 4.06. The van der Waals surface area contributed by atoms with Crippen LogP contribution in [0.25, 0.3) is 0 Å². The minimum Gasteiger partial charge on any atom is -0.508 e. The Balaban J connectivity index is 1.79. The largest absolute Gasteiger partial charge is 0.508 e. The molecule has 0 bridgehead atoms. The molecule has 1 aliphatic heterocycles. The van der Waals surface area contributed by atoms with Gasteiger partial charge in [0, 0.05) is 34.8 Å². The van der Waals surface area contributed by atoms with Gasteiger partial charge in [0.15, 0.2) is 0 Å². The first-order valence-corrected chi connectivity index (χ1v) is 8.85. The fraction of sp³-hybridized carbons (Fsp3) is 0.100. The normalized spacial score (nSPS) is 16.2. The fourth-order valence-electron chi connectivity index (χ4n) is 2.88. The summed E-state index contributed by atoms with van der Waals surface area (Å²) in [4.78, 5) is 10.3. The molecule has 2 heterocycles. The predicted molar refractivity (Wildman–Crippen MR) is 100.0 cm³/mol. The summed E-state index contributed by atoms with van der Waals surface area (Å²) >= 11 is 1.72. The highest BCUT2D eigenvalue weighted by Gasteiger charge is 2.27. The Morgan fingerprint density at radius 2 is 1.80 bits per heavy atom. The van der Waals surface area contributed by atoms with Crippen LogP contribution in [0.5, 0.6) is 11.5 Å². The number of hydrogen-bond donors (Lipinski definition) is 2. The molecule has 1 aromatic heterocycles. The van der Waals surface area contributed by atoms with E-state index in [1.54, 1.807) is 30.1 Å². The van der Waals surface area contributed by atoms with E-state index in [4.69, 9.17) is 4.99 Å². The number of phenolic OH excluding ortho intramolecular Hbond substituents is 2. The van der Waals surface area contributed by atoms with E-state index in [1.165, 1.54) is 6.07 Å². The second kappa shape index (κ2) is 6.61. The molecule has 0 saturated carbocycles. The molecular weight excluding hydrogens is 332 g/mol. The van der Waals surface area contributed by atoms with Crippen LogP contribution in [-0.2, 0) is 6.42 Å². The fourth-order valence-corrected chi connectivity index (χ4v) is 4.12. The minimum absolute atomic E-state index is 0.0280. The summed E-state index contributed by atoms with van der Waals surface area (Å²) in [5.41, 5.74) is 3.31. The van der Waals surface area contributed by atoms with Gasteiger partial charge in [-0.3, -0.25) is 9.98 Å². The lowest BCUT2D eigenvalue weighted by Gasteiger charge is -2.25. The van der Waals surface area contributed by atoms with Crippen molar-refractivity contribution < 1.29 is 10.2 Å². The van der Waals surface area contributed by atoms with E-state index in [0.29, 0.717) is 12.0 Å². The number of hydrogen-bond acceptors (Lipinski definition) is 5. The van der Waals surface area contributed by atoms with E-state index in [1.807, 2.05) is 36.4 Å². The number of nitrogens with zero attached hydrogens (tertiary/aromatic N) is 2. The first-order chi connectivity index (χ1) is 12.2. The third-order valence-corrected chi connectivity index (χ3v) is 5.33. The Bertz CT molecular complexity index is 941. The Morgan fingerprint density at radius 3 is 2.60 bits per heavy atom. The molecule has 2 aromatic carbocycles. The first kappa shape index (κ1) is 15.7. The van der Waals surface area contributed by atoms with Gasteiger partial charge in [0.2, 0.25) is 0 Å². The van der Waals surface area contributed by atoms with Gasteiger partial charge in [-0.1, -0.05) is 18.2 Å². The lowest BCUT2D eigenvalue weighted by Crippen LogP contribution is -2.24. The van der Waals surface area contributed by atoms with E-state index in [9.17, 15) is 10.2 Å². The second-order valence-corrected chi connectivity index (χ2v) is 7.04. The lowest BCUT2D eigenvalue weighted by molar-refractivity contribution is 0.450. The molecule has 0 fully saturated rings. The Labute approximate surface area is 149 Å². The van der Waals surface area contributed by atoms with Crippen LogP contribution >= 0.6 is 11.8 Å².